The zero-order chi connectivity index (χ0) is 10.7. The normalized spacial score (nSPS) is 19.6. The van der Waals surface area contributed by atoms with E-state index in [9.17, 15) is 0 Å². The first kappa shape index (κ1) is 10.5. The molecule has 15 heavy (non-hydrogen) atoms. The number of tetrazole rings is 1. The Kier molecular flexibility index (Phi) is 3.30. The quantitative estimate of drug-likeness (QED) is 0.799. The minimum Gasteiger partial charge on any atom is -0.307 e. The first-order valence-electron chi connectivity index (χ1n) is 5.72. The van der Waals surface area contributed by atoms with Crippen molar-refractivity contribution in [3.63, 3.8) is 0 Å². The van der Waals surface area contributed by atoms with Gasteiger partial charge in [-0.15, -0.1) is 10.2 Å². The van der Waals surface area contributed by atoms with Crippen molar-refractivity contribution in [1.82, 2.24) is 25.5 Å². The fourth-order valence-corrected chi connectivity index (χ4v) is 2.27. The summed E-state index contributed by atoms with van der Waals surface area (Å²) in [6, 6.07) is 0.566. The Morgan fingerprint density at radius 2 is 2.20 bits per heavy atom. The summed E-state index contributed by atoms with van der Waals surface area (Å²) in [5.41, 5.74) is 0. The summed E-state index contributed by atoms with van der Waals surface area (Å²) < 4.78 is 0. The monoisotopic (exact) mass is 209 g/mol. The van der Waals surface area contributed by atoms with Crippen LogP contribution in [0.4, 0.5) is 0 Å². The van der Waals surface area contributed by atoms with Gasteiger partial charge in [0, 0.05) is 6.04 Å². The topological polar surface area (TPSA) is 55.6 Å². The molecule has 1 aromatic rings. The molecule has 0 radical (unpaired) electrons. The maximum absolute atomic E-state index is 4.14. The summed E-state index contributed by atoms with van der Waals surface area (Å²) >= 11 is 0. The molecule has 0 bridgehead atoms. The van der Waals surface area contributed by atoms with Gasteiger partial charge in [-0.3, -0.25) is 0 Å². The van der Waals surface area contributed by atoms with Crippen molar-refractivity contribution in [2.75, 3.05) is 0 Å². The lowest BCUT2D eigenvalue weighted by Crippen LogP contribution is -2.32. The number of hydrogen-bond donors (Lipinski definition) is 1. The maximum atomic E-state index is 4.14. The van der Waals surface area contributed by atoms with Crippen LogP contribution in [0.15, 0.2) is 0 Å². The molecule has 1 unspecified atom stereocenters. The molecule has 1 atom stereocenters. The number of aryl methyl sites for hydroxylation is 1. The number of nitrogens with one attached hydrogen (secondary N) is 1. The van der Waals surface area contributed by atoms with E-state index in [-0.39, 0.29) is 0 Å². The molecule has 1 N–H and O–H groups in total. The van der Waals surface area contributed by atoms with Gasteiger partial charge in [-0.1, -0.05) is 12.8 Å². The van der Waals surface area contributed by atoms with Crippen LogP contribution in [0.3, 0.4) is 0 Å². The summed E-state index contributed by atoms with van der Waals surface area (Å²) in [4.78, 5) is 1.50. The van der Waals surface area contributed by atoms with E-state index in [4.69, 9.17) is 0 Å². The zero-order valence-corrected chi connectivity index (χ0v) is 9.48. The Labute approximate surface area is 90.2 Å². The smallest absolute Gasteiger partial charge is 0.188 e. The summed E-state index contributed by atoms with van der Waals surface area (Å²) in [5.74, 6) is 1.61. The second-order valence-electron chi connectivity index (χ2n) is 4.41. The average molecular weight is 209 g/mol. The zero-order valence-electron chi connectivity index (χ0n) is 9.48. The minimum absolute atomic E-state index is 0.566. The fraction of sp³-hybridized carbons (Fsp3) is 0.900. The molecular formula is C10H19N5. The van der Waals surface area contributed by atoms with Crippen molar-refractivity contribution in [2.45, 2.75) is 45.2 Å². The van der Waals surface area contributed by atoms with E-state index in [2.05, 4.69) is 27.7 Å². The second kappa shape index (κ2) is 4.70. The van der Waals surface area contributed by atoms with E-state index in [0.29, 0.717) is 6.04 Å². The molecule has 0 spiro atoms. The number of hydrogen-bond acceptors (Lipinski definition) is 4. The van der Waals surface area contributed by atoms with Gasteiger partial charge < -0.3 is 5.32 Å². The van der Waals surface area contributed by atoms with Gasteiger partial charge in [0.2, 0.25) is 0 Å². The van der Waals surface area contributed by atoms with Crippen molar-refractivity contribution in [3.05, 3.63) is 5.82 Å². The Balaban J connectivity index is 1.77. The molecule has 1 fully saturated rings. The summed E-state index contributed by atoms with van der Waals surface area (Å²) in [7, 11) is 1.79. The van der Waals surface area contributed by atoms with Gasteiger partial charge in [0.15, 0.2) is 5.82 Å². The van der Waals surface area contributed by atoms with Crippen molar-refractivity contribution in [2.24, 2.45) is 13.0 Å². The lowest BCUT2D eigenvalue weighted by molar-refractivity contribution is 0.377. The highest BCUT2D eigenvalue weighted by molar-refractivity contribution is 4.81. The predicted octanol–water partition coefficient (Wildman–Crippen LogP) is 0.878. The molecule has 0 aromatic carbocycles. The van der Waals surface area contributed by atoms with Gasteiger partial charge >= 0.3 is 0 Å². The summed E-state index contributed by atoms with van der Waals surface area (Å²) in [6.45, 7) is 2.98. The van der Waals surface area contributed by atoms with E-state index in [1.54, 1.807) is 7.05 Å². The van der Waals surface area contributed by atoms with Crippen molar-refractivity contribution < 1.29 is 0 Å². The highest BCUT2D eigenvalue weighted by atomic mass is 15.6. The Bertz CT molecular complexity index is 303. The molecule has 1 aliphatic rings. The van der Waals surface area contributed by atoms with Crippen LogP contribution in [0.25, 0.3) is 0 Å². The van der Waals surface area contributed by atoms with E-state index >= 15 is 0 Å². The van der Waals surface area contributed by atoms with Crippen LogP contribution in [0, 0.1) is 5.92 Å². The van der Waals surface area contributed by atoms with Crippen LogP contribution in [-0.4, -0.2) is 26.2 Å². The number of rotatable bonds is 4. The van der Waals surface area contributed by atoms with Crippen LogP contribution in [0.5, 0.6) is 0 Å². The largest absolute Gasteiger partial charge is 0.307 e. The molecule has 1 aromatic heterocycles. The predicted molar refractivity (Wildman–Crippen MR) is 57.1 cm³/mol. The van der Waals surface area contributed by atoms with Crippen molar-refractivity contribution in [1.29, 1.82) is 0 Å². The van der Waals surface area contributed by atoms with Crippen LogP contribution in [0.2, 0.25) is 0 Å². The third-order valence-corrected chi connectivity index (χ3v) is 3.24. The molecular weight excluding hydrogens is 190 g/mol. The molecule has 0 saturated heterocycles. The molecule has 0 amide bonds. The highest BCUT2D eigenvalue weighted by Crippen LogP contribution is 2.27. The first-order valence-corrected chi connectivity index (χ1v) is 5.72. The van der Waals surface area contributed by atoms with Crippen LogP contribution in [-0.2, 0) is 13.6 Å². The van der Waals surface area contributed by atoms with Gasteiger partial charge in [-0.05, 0) is 30.9 Å². The van der Waals surface area contributed by atoms with Crippen molar-refractivity contribution in [3.8, 4) is 0 Å². The SMILES string of the molecule is CC(NCc1nnn(C)n1)C1CCCC1. The number of aromatic nitrogens is 4. The highest BCUT2D eigenvalue weighted by Gasteiger charge is 2.21. The Hall–Kier alpha value is -0.970. The van der Waals surface area contributed by atoms with E-state index in [0.717, 1.165) is 18.3 Å². The van der Waals surface area contributed by atoms with E-state index < -0.39 is 0 Å². The average Bonchev–Trinajstić information content (AvgIpc) is 2.84. The van der Waals surface area contributed by atoms with Gasteiger partial charge in [0.25, 0.3) is 0 Å². The Morgan fingerprint density at radius 1 is 1.47 bits per heavy atom. The molecule has 5 nitrogen and oxygen atoms in total. The summed E-state index contributed by atoms with van der Waals surface area (Å²) in [5, 5.41) is 15.4. The molecule has 5 heteroatoms. The van der Waals surface area contributed by atoms with Crippen LogP contribution < -0.4 is 5.32 Å². The molecule has 0 aliphatic heterocycles. The third-order valence-electron chi connectivity index (χ3n) is 3.24. The lowest BCUT2D eigenvalue weighted by atomic mass is 10.00. The van der Waals surface area contributed by atoms with E-state index in [1.165, 1.54) is 30.5 Å². The van der Waals surface area contributed by atoms with Crippen LogP contribution in [0.1, 0.15) is 38.4 Å². The molecule has 1 saturated carbocycles. The molecule has 1 aliphatic carbocycles. The second-order valence-corrected chi connectivity index (χ2v) is 4.41. The fourth-order valence-electron chi connectivity index (χ4n) is 2.27. The maximum Gasteiger partial charge on any atom is 0.188 e. The van der Waals surface area contributed by atoms with Gasteiger partial charge in [0.05, 0.1) is 13.6 Å². The lowest BCUT2D eigenvalue weighted by Gasteiger charge is -2.19. The van der Waals surface area contributed by atoms with Gasteiger partial charge in [0.1, 0.15) is 0 Å². The first-order chi connectivity index (χ1) is 7.25. The minimum atomic E-state index is 0.566. The molecule has 84 valence electrons. The van der Waals surface area contributed by atoms with Crippen LogP contribution >= 0.6 is 0 Å². The van der Waals surface area contributed by atoms with Gasteiger partial charge in [-0.2, -0.15) is 4.80 Å². The molecule has 2 rings (SSSR count). The Morgan fingerprint density at radius 3 is 2.80 bits per heavy atom. The summed E-state index contributed by atoms with van der Waals surface area (Å²) in [6.07, 6.45) is 5.50. The van der Waals surface area contributed by atoms with Crippen molar-refractivity contribution >= 4 is 0 Å². The standard InChI is InChI=1S/C10H19N5/c1-8(9-5-3-4-6-9)11-7-10-12-14-15(2)13-10/h8-9,11H,3-7H2,1-2H3. The van der Waals surface area contributed by atoms with E-state index in [1.807, 2.05) is 0 Å². The molecule has 1 heterocycles. The number of nitrogens with zero attached hydrogens (tertiary/aromatic N) is 4. The van der Waals surface area contributed by atoms with Gasteiger partial charge in [-0.25, -0.2) is 0 Å². The third kappa shape index (κ3) is 2.75.